The molecule has 1 N–H and O–H groups in total. The number of carbonyl (C=O) groups excluding carboxylic acids is 2. The van der Waals surface area contributed by atoms with Crippen LogP contribution in [0.25, 0.3) is 0 Å². The van der Waals surface area contributed by atoms with Gasteiger partial charge < -0.3 is 9.84 Å². The minimum Gasteiger partial charge on any atom is -0.396 e. The second-order valence-corrected chi connectivity index (χ2v) is 15.6. The number of hydrogen-bond acceptors (Lipinski definition) is 5. The predicted molar refractivity (Wildman–Crippen MR) is 151 cm³/mol. The van der Waals surface area contributed by atoms with Crippen molar-refractivity contribution in [3.05, 3.63) is 11.6 Å². The van der Waals surface area contributed by atoms with Gasteiger partial charge in [-0.3, -0.25) is 9.59 Å². The molecule has 38 heavy (non-hydrogen) atoms. The highest BCUT2D eigenvalue weighted by molar-refractivity contribution is 6.00. The van der Waals surface area contributed by atoms with E-state index in [2.05, 4.69) is 61.5 Å². The van der Waals surface area contributed by atoms with E-state index < -0.39 is 22.5 Å². The van der Waals surface area contributed by atoms with E-state index in [1.165, 1.54) is 0 Å². The standard InChI is InChI=1S/C33H53NO4/c1-12-27(3,4)15-17-30(9,21-35)18-16-28(5,6)31(10)14-13-23-29(7,8)25(37)33(20-34)26(38-33)32(23,11)24(31)19-22(2)36/h19,23,26,35H,12-18,21H2,1-11H3/b24-19+/t23-,26+,30-,31+,32-,33-/m0/s1. The second kappa shape index (κ2) is 9.55. The molecule has 5 nitrogen and oxygen atoms in total. The van der Waals surface area contributed by atoms with Crippen LogP contribution in [-0.4, -0.2) is 35.0 Å². The highest BCUT2D eigenvalue weighted by Crippen LogP contribution is 2.73. The molecule has 6 atom stereocenters. The molecule has 0 radical (unpaired) electrons. The molecule has 214 valence electrons. The molecule has 5 heteroatoms. The fourth-order valence-electron chi connectivity index (χ4n) is 7.94. The Balaban J connectivity index is 2.00. The molecule has 3 fully saturated rings. The van der Waals surface area contributed by atoms with Gasteiger partial charge in [-0.15, -0.1) is 0 Å². The Labute approximate surface area is 231 Å². The number of carbonyl (C=O) groups is 2. The summed E-state index contributed by atoms with van der Waals surface area (Å²) in [6.45, 7) is 23.7. The van der Waals surface area contributed by atoms with Crippen molar-refractivity contribution in [2.75, 3.05) is 6.61 Å². The van der Waals surface area contributed by atoms with Crippen molar-refractivity contribution >= 4 is 11.6 Å². The Kier molecular flexibility index (Phi) is 7.80. The molecule has 0 aromatic heterocycles. The van der Waals surface area contributed by atoms with Crippen molar-refractivity contribution in [2.24, 2.45) is 38.4 Å². The first-order valence-corrected chi connectivity index (χ1v) is 14.7. The number of nitriles is 1. The van der Waals surface area contributed by atoms with Crippen LogP contribution in [0, 0.1) is 49.7 Å². The topological polar surface area (TPSA) is 90.7 Å². The Bertz CT molecular complexity index is 1050. The molecule has 1 heterocycles. The number of nitrogens with zero attached hydrogens (tertiary/aromatic N) is 1. The van der Waals surface area contributed by atoms with Gasteiger partial charge in [0.2, 0.25) is 5.60 Å². The minimum absolute atomic E-state index is 0.00932. The first-order valence-electron chi connectivity index (χ1n) is 14.7. The van der Waals surface area contributed by atoms with Crippen LogP contribution in [0.4, 0.5) is 0 Å². The summed E-state index contributed by atoms with van der Waals surface area (Å²) in [5.74, 6) is -0.132. The Hall–Kier alpha value is -1.51. The summed E-state index contributed by atoms with van der Waals surface area (Å²) in [6.07, 6.45) is 7.95. The first kappa shape index (κ1) is 31.0. The third kappa shape index (κ3) is 4.62. The van der Waals surface area contributed by atoms with Gasteiger partial charge in [-0.2, -0.15) is 5.26 Å². The van der Waals surface area contributed by atoms with Gasteiger partial charge in [0.1, 0.15) is 12.2 Å². The van der Waals surface area contributed by atoms with E-state index in [0.717, 1.165) is 50.5 Å². The van der Waals surface area contributed by atoms with E-state index in [9.17, 15) is 20.0 Å². The Morgan fingerprint density at radius 2 is 1.68 bits per heavy atom. The number of Topliss-reactive ketones (excluding diaryl/α,β-unsaturated/α-hetero) is 1. The minimum atomic E-state index is -1.41. The molecule has 0 aromatic carbocycles. The van der Waals surface area contributed by atoms with Crippen LogP contribution in [0.15, 0.2) is 11.6 Å². The smallest absolute Gasteiger partial charge is 0.240 e. The molecule has 3 rings (SSSR count). The van der Waals surface area contributed by atoms with Crippen molar-refractivity contribution < 1.29 is 19.4 Å². The van der Waals surface area contributed by atoms with Crippen LogP contribution in [0.1, 0.15) is 121 Å². The number of ketones is 2. The fourth-order valence-corrected chi connectivity index (χ4v) is 7.94. The summed E-state index contributed by atoms with van der Waals surface area (Å²) in [5, 5.41) is 20.5. The average molecular weight is 528 g/mol. The van der Waals surface area contributed by atoms with Crippen molar-refractivity contribution in [1.29, 1.82) is 5.26 Å². The molecular weight excluding hydrogens is 474 g/mol. The molecule has 0 unspecified atom stereocenters. The van der Waals surface area contributed by atoms with Gasteiger partial charge >= 0.3 is 0 Å². The molecule has 0 amide bonds. The summed E-state index contributed by atoms with van der Waals surface area (Å²) < 4.78 is 6.06. The number of aliphatic hydroxyl groups excluding tert-OH is 1. The van der Waals surface area contributed by atoms with Crippen molar-refractivity contribution in [3.63, 3.8) is 0 Å². The summed E-state index contributed by atoms with van der Waals surface area (Å²) in [4.78, 5) is 26.2. The lowest BCUT2D eigenvalue weighted by molar-refractivity contribution is -0.142. The third-order valence-corrected chi connectivity index (χ3v) is 11.9. The zero-order valence-electron chi connectivity index (χ0n) is 26.0. The molecule has 1 saturated heterocycles. The highest BCUT2D eigenvalue weighted by atomic mass is 16.6. The van der Waals surface area contributed by atoms with Gasteiger partial charge in [0.25, 0.3) is 0 Å². The van der Waals surface area contributed by atoms with Crippen LogP contribution in [0.3, 0.4) is 0 Å². The Morgan fingerprint density at radius 3 is 2.18 bits per heavy atom. The van der Waals surface area contributed by atoms with Gasteiger partial charge in [0.05, 0.1) is 0 Å². The summed E-state index contributed by atoms with van der Waals surface area (Å²) in [7, 11) is 0. The largest absolute Gasteiger partial charge is 0.396 e. The van der Waals surface area contributed by atoms with Crippen molar-refractivity contribution in [2.45, 2.75) is 133 Å². The van der Waals surface area contributed by atoms with Crippen LogP contribution >= 0.6 is 0 Å². The second-order valence-electron chi connectivity index (χ2n) is 15.6. The third-order valence-electron chi connectivity index (χ3n) is 11.9. The van der Waals surface area contributed by atoms with Gasteiger partial charge in [-0.05, 0) is 79.1 Å². The Morgan fingerprint density at radius 1 is 1.11 bits per heavy atom. The van der Waals surface area contributed by atoms with E-state index in [1.807, 2.05) is 13.8 Å². The molecular formula is C33H53NO4. The highest BCUT2D eigenvalue weighted by Gasteiger charge is 2.81. The number of rotatable bonds is 10. The quantitative estimate of drug-likeness (QED) is 0.239. The van der Waals surface area contributed by atoms with Gasteiger partial charge in [0.15, 0.2) is 11.6 Å². The van der Waals surface area contributed by atoms with Gasteiger partial charge in [-0.25, -0.2) is 0 Å². The first-order chi connectivity index (χ1) is 17.2. The lowest BCUT2D eigenvalue weighted by Crippen LogP contribution is -2.62. The van der Waals surface area contributed by atoms with Crippen LogP contribution in [0.5, 0.6) is 0 Å². The number of epoxide rings is 1. The summed E-state index contributed by atoms with van der Waals surface area (Å²) >= 11 is 0. The number of ether oxygens (including phenoxy) is 1. The van der Waals surface area contributed by atoms with Gasteiger partial charge in [0, 0.05) is 17.4 Å². The molecule has 3 aliphatic rings. The van der Waals surface area contributed by atoms with Crippen LogP contribution in [-0.2, 0) is 14.3 Å². The van der Waals surface area contributed by atoms with Crippen LogP contribution in [0.2, 0.25) is 0 Å². The van der Waals surface area contributed by atoms with Gasteiger partial charge in [-0.1, -0.05) is 81.2 Å². The number of aliphatic hydroxyl groups is 1. The van der Waals surface area contributed by atoms with Crippen molar-refractivity contribution in [1.82, 2.24) is 0 Å². The van der Waals surface area contributed by atoms with Crippen molar-refractivity contribution in [3.8, 4) is 6.07 Å². The molecule has 2 saturated carbocycles. The van der Waals surface area contributed by atoms with E-state index in [1.54, 1.807) is 13.0 Å². The molecule has 1 aliphatic heterocycles. The van der Waals surface area contributed by atoms with E-state index in [4.69, 9.17) is 4.74 Å². The molecule has 2 aliphatic carbocycles. The fraction of sp³-hybridized carbons (Fsp3) is 0.848. The van der Waals surface area contributed by atoms with E-state index in [-0.39, 0.29) is 45.8 Å². The van der Waals surface area contributed by atoms with Crippen LogP contribution < -0.4 is 0 Å². The number of fused-ring (bicyclic) bond motifs is 3. The summed E-state index contributed by atoms with van der Waals surface area (Å²) in [5.41, 5.74) is -2.10. The number of allylic oxidation sites excluding steroid dienone is 1. The maximum atomic E-state index is 13.5. The maximum absolute atomic E-state index is 13.5. The zero-order chi connectivity index (χ0) is 29.2. The van der Waals surface area contributed by atoms with E-state index in [0.29, 0.717) is 0 Å². The zero-order valence-corrected chi connectivity index (χ0v) is 26.0. The number of hydrogen-bond donors (Lipinski definition) is 1. The lowest BCUT2D eigenvalue weighted by atomic mass is 9.40. The predicted octanol–water partition coefficient (Wildman–Crippen LogP) is 7.22. The SMILES string of the molecule is CCC(C)(C)CC[C@](C)(CO)CCC(C)(C)[C@]1(C)CC[C@H]2C(C)(C)C(=O)[C@]3(C#N)O[C@@H]3[C@]2(C)/C1=C/C(C)=O. The molecule has 0 aromatic rings. The lowest BCUT2D eigenvalue weighted by Gasteiger charge is -2.61. The maximum Gasteiger partial charge on any atom is 0.240 e. The van der Waals surface area contributed by atoms with E-state index >= 15 is 0 Å². The molecule has 0 bridgehead atoms. The normalized spacial score (nSPS) is 37.1. The average Bonchev–Trinajstić information content (AvgIpc) is 3.60. The monoisotopic (exact) mass is 527 g/mol. The summed E-state index contributed by atoms with van der Waals surface area (Å²) in [6, 6.07) is 2.23. The molecule has 0 spiro atoms.